The maximum Gasteiger partial charge on any atom is 0.365 e. The van der Waals surface area contributed by atoms with Crippen molar-refractivity contribution in [2.45, 2.75) is 0 Å². The SMILES string of the molecule is NC(=O)c1nccc2ccc(O[PH](=O)O)cc12. The standard InChI is InChI=1S/C10H9N2O4P/c11-10(13)9-8-5-7(16-17(14)15)2-1-6(8)3-4-12-9/h1-5,17H,(H2,11,13)(H,14,15). The molecule has 0 saturated heterocycles. The first-order valence-electron chi connectivity index (χ1n) is 4.67. The summed E-state index contributed by atoms with van der Waals surface area (Å²) in [6.07, 6.45) is 1.47. The average molecular weight is 252 g/mol. The Morgan fingerprint density at radius 3 is 2.82 bits per heavy atom. The molecule has 0 spiro atoms. The smallest absolute Gasteiger partial charge is 0.365 e. The molecule has 1 unspecified atom stereocenters. The van der Waals surface area contributed by atoms with Crippen LogP contribution in [0.1, 0.15) is 10.5 Å². The number of benzene rings is 1. The van der Waals surface area contributed by atoms with E-state index in [1.165, 1.54) is 18.3 Å². The van der Waals surface area contributed by atoms with E-state index in [4.69, 9.17) is 10.6 Å². The normalized spacial score (nSPS) is 12.3. The molecule has 2 rings (SSSR count). The highest BCUT2D eigenvalue weighted by Crippen LogP contribution is 2.27. The molecule has 1 aromatic heterocycles. The number of nitrogens with zero attached hydrogens (tertiary/aromatic N) is 1. The van der Waals surface area contributed by atoms with Crippen molar-refractivity contribution in [1.82, 2.24) is 4.98 Å². The molecule has 0 aliphatic rings. The summed E-state index contributed by atoms with van der Waals surface area (Å²) in [6.45, 7) is 0. The van der Waals surface area contributed by atoms with Gasteiger partial charge < -0.3 is 15.2 Å². The van der Waals surface area contributed by atoms with Gasteiger partial charge in [0.15, 0.2) is 0 Å². The molecule has 0 aliphatic carbocycles. The van der Waals surface area contributed by atoms with Crippen molar-refractivity contribution in [3.05, 3.63) is 36.2 Å². The molecule has 3 N–H and O–H groups in total. The number of fused-ring (bicyclic) bond motifs is 1. The Morgan fingerprint density at radius 1 is 1.41 bits per heavy atom. The number of hydrogen-bond donors (Lipinski definition) is 2. The van der Waals surface area contributed by atoms with Crippen LogP contribution in [0.25, 0.3) is 10.8 Å². The fourth-order valence-corrected chi connectivity index (χ4v) is 1.84. The van der Waals surface area contributed by atoms with Crippen LogP contribution in [-0.2, 0) is 4.57 Å². The van der Waals surface area contributed by atoms with E-state index in [1.807, 2.05) is 0 Å². The third-order valence-corrected chi connectivity index (χ3v) is 2.59. The van der Waals surface area contributed by atoms with Gasteiger partial charge in [-0.3, -0.25) is 9.78 Å². The molecular formula is C10H9N2O4P. The highest BCUT2D eigenvalue weighted by atomic mass is 31.1. The molecule has 0 radical (unpaired) electrons. The Bertz CT molecular complexity index is 614. The van der Waals surface area contributed by atoms with Crippen molar-refractivity contribution in [1.29, 1.82) is 0 Å². The second-order valence-corrected chi connectivity index (χ2v) is 4.01. The van der Waals surface area contributed by atoms with E-state index in [0.717, 1.165) is 5.39 Å². The van der Waals surface area contributed by atoms with Crippen LogP contribution in [0.5, 0.6) is 5.75 Å². The van der Waals surface area contributed by atoms with Crippen molar-refractivity contribution in [2.24, 2.45) is 5.73 Å². The lowest BCUT2D eigenvalue weighted by Gasteiger charge is -2.05. The number of carbonyl (C=O) groups is 1. The van der Waals surface area contributed by atoms with Crippen LogP contribution < -0.4 is 10.3 Å². The van der Waals surface area contributed by atoms with Crippen LogP contribution in [0.3, 0.4) is 0 Å². The molecule has 1 atom stereocenters. The lowest BCUT2D eigenvalue weighted by Crippen LogP contribution is -2.13. The first-order valence-corrected chi connectivity index (χ1v) is 5.93. The van der Waals surface area contributed by atoms with Gasteiger partial charge in [0.25, 0.3) is 5.91 Å². The van der Waals surface area contributed by atoms with Gasteiger partial charge in [-0.05, 0) is 23.6 Å². The third-order valence-electron chi connectivity index (χ3n) is 2.18. The fraction of sp³-hybridized carbons (Fsp3) is 0. The van der Waals surface area contributed by atoms with E-state index in [9.17, 15) is 9.36 Å². The lowest BCUT2D eigenvalue weighted by atomic mass is 10.1. The van der Waals surface area contributed by atoms with Crippen LogP contribution in [0, 0.1) is 0 Å². The predicted octanol–water partition coefficient (Wildman–Crippen LogP) is 1.09. The Kier molecular flexibility index (Phi) is 3.08. The number of hydrogen-bond acceptors (Lipinski definition) is 4. The minimum absolute atomic E-state index is 0.102. The predicted molar refractivity (Wildman–Crippen MR) is 62.1 cm³/mol. The molecule has 17 heavy (non-hydrogen) atoms. The van der Waals surface area contributed by atoms with Crippen molar-refractivity contribution in [3.8, 4) is 5.75 Å². The lowest BCUT2D eigenvalue weighted by molar-refractivity contribution is 0.0997. The Labute approximate surface area is 97.0 Å². The number of rotatable bonds is 3. The minimum Gasteiger partial charge on any atom is -0.426 e. The summed E-state index contributed by atoms with van der Waals surface area (Å²) >= 11 is 0. The van der Waals surface area contributed by atoms with Crippen molar-refractivity contribution in [3.63, 3.8) is 0 Å². The van der Waals surface area contributed by atoms with Gasteiger partial charge in [0.1, 0.15) is 11.4 Å². The number of carbonyl (C=O) groups excluding carboxylic acids is 1. The van der Waals surface area contributed by atoms with Gasteiger partial charge in [0, 0.05) is 11.6 Å². The highest BCUT2D eigenvalue weighted by molar-refractivity contribution is 7.32. The van der Waals surface area contributed by atoms with E-state index in [2.05, 4.69) is 9.51 Å². The van der Waals surface area contributed by atoms with Crippen LogP contribution in [0.4, 0.5) is 0 Å². The minimum atomic E-state index is -3.07. The summed E-state index contributed by atoms with van der Waals surface area (Å²) in [4.78, 5) is 23.7. The molecule has 6 nitrogen and oxygen atoms in total. The summed E-state index contributed by atoms with van der Waals surface area (Å²) < 4.78 is 15.3. The number of primary amides is 1. The molecule has 1 amide bonds. The van der Waals surface area contributed by atoms with E-state index in [1.54, 1.807) is 12.1 Å². The number of pyridine rings is 1. The maximum absolute atomic E-state index is 11.2. The summed E-state index contributed by atoms with van der Waals surface area (Å²) in [5.41, 5.74) is 5.29. The molecular weight excluding hydrogens is 243 g/mol. The quantitative estimate of drug-likeness (QED) is 0.796. The fourth-order valence-electron chi connectivity index (χ4n) is 1.51. The van der Waals surface area contributed by atoms with Crippen LogP contribution in [0.2, 0.25) is 0 Å². The molecule has 0 aliphatic heterocycles. The highest BCUT2D eigenvalue weighted by Gasteiger charge is 2.09. The Hall–Kier alpha value is -1.91. The molecule has 1 heterocycles. The van der Waals surface area contributed by atoms with Gasteiger partial charge >= 0.3 is 8.25 Å². The second-order valence-electron chi connectivity index (χ2n) is 3.27. The van der Waals surface area contributed by atoms with Gasteiger partial charge in [-0.2, -0.15) is 0 Å². The van der Waals surface area contributed by atoms with Gasteiger partial charge in [0.05, 0.1) is 0 Å². The number of aromatic nitrogens is 1. The van der Waals surface area contributed by atoms with Crippen molar-refractivity contribution in [2.75, 3.05) is 0 Å². The maximum atomic E-state index is 11.2. The molecule has 0 fully saturated rings. The zero-order valence-electron chi connectivity index (χ0n) is 8.58. The molecule has 2 aromatic rings. The number of nitrogens with two attached hydrogens (primary N) is 1. The molecule has 0 bridgehead atoms. The summed E-state index contributed by atoms with van der Waals surface area (Å²) in [5.74, 6) is -0.469. The van der Waals surface area contributed by atoms with Crippen LogP contribution >= 0.6 is 8.25 Å². The van der Waals surface area contributed by atoms with Crippen molar-refractivity contribution < 1.29 is 18.8 Å². The van der Waals surface area contributed by atoms with Crippen molar-refractivity contribution >= 4 is 24.9 Å². The monoisotopic (exact) mass is 252 g/mol. The number of amides is 1. The van der Waals surface area contributed by atoms with Crippen LogP contribution in [0.15, 0.2) is 30.5 Å². The molecule has 0 saturated carbocycles. The van der Waals surface area contributed by atoms with Gasteiger partial charge in [-0.25, -0.2) is 4.57 Å². The Morgan fingerprint density at radius 2 is 2.18 bits per heavy atom. The first-order chi connectivity index (χ1) is 8.08. The van der Waals surface area contributed by atoms with Gasteiger partial charge in [-0.15, -0.1) is 0 Å². The van der Waals surface area contributed by atoms with E-state index in [-0.39, 0.29) is 11.4 Å². The van der Waals surface area contributed by atoms with Crippen LogP contribution in [-0.4, -0.2) is 15.8 Å². The zero-order chi connectivity index (χ0) is 12.4. The van der Waals surface area contributed by atoms with E-state index in [0.29, 0.717) is 5.39 Å². The Balaban J connectivity index is 2.61. The second kappa shape index (κ2) is 4.53. The van der Waals surface area contributed by atoms with E-state index < -0.39 is 14.2 Å². The van der Waals surface area contributed by atoms with Gasteiger partial charge in [-0.1, -0.05) is 6.07 Å². The first kappa shape index (κ1) is 11.6. The topological polar surface area (TPSA) is 103 Å². The molecule has 7 heteroatoms. The van der Waals surface area contributed by atoms with E-state index >= 15 is 0 Å². The zero-order valence-corrected chi connectivity index (χ0v) is 9.58. The molecule has 1 aromatic carbocycles. The van der Waals surface area contributed by atoms with Gasteiger partial charge in [0.2, 0.25) is 0 Å². The third kappa shape index (κ3) is 2.43. The summed E-state index contributed by atoms with van der Waals surface area (Å²) in [7, 11) is -3.07. The largest absolute Gasteiger partial charge is 0.426 e. The average Bonchev–Trinajstić information content (AvgIpc) is 2.27. The summed E-state index contributed by atoms with van der Waals surface area (Å²) in [5, 5.41) is 1.24. The molecule has 88 valence electrons. The summed E-state index contributed by atoms with van der Waals surface area (Å²) in [6, 6.07) is 6.35.